The molecule has 9 heteroatoms. The van der Waals surface area contributed by atoms with Gasteiger partial charge in [-0.1, -0.05) is 31.3 Å². The fraction of sp³-hybridized carbons (Fsp3) is 0.550. The Morgan fingerprint density at radius 3 is 2.48 bits per heavy atom. The molecule has 1 aromatic rings. The lowest BCUT2D eigenvalue weighted by molar-refractivity contribution is 0.0532. The number of esters is 1. The molecule has 0 bridgehead atoms. The average molecular weight is 443 g/mol. The number of fused-ring (bicyclic) bond motifs is 1. The second-order valence-corrected chi connectivity index (χ2v) is 15.9. The van der Waals surface area contributed by atoms with E-state index < -0.39 is 21.6 Å². The van der Waals surface area contributed by atoms with Crippen LogP contribution in [0.3, 0.4) is 0 Å². The van der Waals surface area contributed by atoms with Gasteiger partial charge in [0.2, 0.25) is 0 Å². The predicted octanol–water partition coefficient (Wildman–Crippen LogP) is 4.06. The predicted molar refractivity (Wildman–Crippen MR) is 115 cm³/mol. The molecule has 1 aliphatic rings. The van der Waals surface area contributed by atoms with E-state index in [0.717, 1.165) is 17.2 Å². The molecule has 0 radical (unpaired) electrons. The molecule has 0 saturated carbocycles. The Kier molecular flexibility index (Phi) is 7.38. The summed E-state index contributed by atoms with van der Waals surface area (Å²) in [5, 5.41) is 0. The molecule has 162 valence electrons. The first-order chi connectivity index (χ1) is 13.3. The summed E-state index contributed by atoms with van der Waals surface area (Å²) < 4.78 is 28.3. The molecule has 29 heavy (non-hydrogen) atoms. The van der Waals surface area contributed by atoms with E-state index in [2.05, 4.69) is 19.6 Å². The lowest BCUT2D eigenvalue weighted by Crippen LogP contribution is -2.23. The van der Waals surface area contributed by atoms with E-state index in [4.69, 9.17) is 14.2 Å². The van der Waals surface area contributed by atoms with Crippen LogP contribution in [0.4, 0.5) is 0 Å². The van der Waals surface area contributed by atoms with Crippen LogP contribution in [0, 0.1) is 6.92 Å². The first-order valence-electron chi connectivity index (χ1n) is 9.56. The van der Waals surface area contributed by atoms with Gasteiger partial charge in [0.1, 0.15) is 23.7 Å². The second kappa shape index (κ2) is 9.04. The Hall–Kier alpha value is -1.60. The highest BCUT2D eigenvalue weighted by Crippen LogP contribution is 2.43. The van der Waals surface area contributed by atoms with Gasteiger partial charge in [0.05, 0.1) is 19.9 Å². The van der Waals surface area contributed by atoms with E-state index in [1.54, 1.807) is 20.1 Å². The highest BCUT2D eigenvalue weighted by Gasteiger charge is 2.33. The zero-order valence-corrected chi connectivity index (χ0v) is 19.9. The summed E-state index contributed by atoms with van der Waals surface area (Å²) in [6, 6.07) is 0.930. The van der Waals surface area contributed by atoms with E-state index in [9.17, 15) is 19.1 Å². The summed E-state index contributed by atoms with van der Waals surface area (Å²) >= 11 is 0. The van der Waals surface area contributed by atoms with Crippen molar-refractivity contribution < 1.29 is 33.4 Å². The standard InChI is InChI=1S/C20H31O7PSi/c1-13(12-28(22,23)24)7-8-15-18(25-3)14(2)16-11-27-20(21)17(16)19(15)26-9-10-29(4,5)6/h7H,8-12H2,1-6H3,(H2,22,23,24). The van der Waals surface area contributed by atoms with E-state index in [1.165, 1.54) is 0 Å². The molecule has 0 aromatic heterocycles. The maximum absolute atomic E-state index is 12.4. The fourth-order valence-corrected chi connectivity index (χ4v) is 4.79. The highest BCUT2D eigenvalue weighted by atomic mass is 31.2. The third kappa shape index (κ3) is 6.19. The van der Waals surface area contributed by atoms with Gasteiger partial charge < -0.3 is 24.0 Å². The largest absolute Gasteiger partial charge is 0.496 e. The molecule has 2 rings (SSSR count). The fourth-order valence-electron chi connectivity index (χ4n) is 3.29. The maximum atomic E-state index is 12.4. The van der Waals surface area contributed by atoms with Crippen LogP contribution in [-0.2, 0) is 22.3 Å². The molecule has 0 aliphatic carbocycles. The molecule has 0 spiro atoms. The molecule has 0 unspecified atom stereocenters. The van der Waals surface area contributed by atoms with Crippen molar-refractivity contribution in [3.63, 3.8) is 0 Å². The van der Waals surface area contributed by atoms with Crippen molar-refractivity contribution in [1.29, 1.82) is 0 Å². The Bertz CT molecular complexity index is 865. The van der Waals surface area contributed by atoms with E-state index in [0.29, 0.717) is 41.2 Å². The van der Waals surface area contributed by atoms with E-state index >= 15 is 0 Å². The van der Waals surface area contributed by atoms with Crippen molar-refractivity contribution in [2.24, 2.45) is 0 Å². The highest BCUT2D eigenvalue weighted by molar-refractivity contribution is 7.52. The molecule has 0 amide bonds. The average Bonchev–Trinajstić information content (AvgIpc) is 2.94. The van der Waals surface area contributed by atoms with Gasteiger partial charge in [0.15, 0.2) is 0 Å². The number of hydrogen-bond donors (Lipinski definition) is 2. The minimum absolute atomic E-state index is 0.189. The number of cyclic esters (lactones) is 1. The molecular weight excluding hydrogens is 411 g/mol. The van der Waals surface area contributed by atoms with Crippen LogP contribution in [0.1, 0.15) is 34.0 Å². The molecule has 0 atom stereocenters. The zero-order valence-electron chi connectivity index (χ0n) is 18.0. The van der Waals surface area contributed by atoms with Gasteiger partial charge in [-0.15, -0.1) is 0 Å². The van der Waals surface area contributed by atoms with Gasteiger partial charge in [-0.2, -0.15) is 0 Å². The van der Waals surface area contributed by atoms with Crippen LogP contribution in [0.15, 0.2) is 11.6 Å². The first kappa shape index (κ1) is 23.7. The second-order valence-electron chi connectivity index (χ2n) is 8.63. The number of rotatable bonds is 9. The summed E-state index contributed by atoms with van der Waals surface area (Å²) in [6.07, 6.45) is 1.76. The Labute approximate surface area is 173 Å². The minimum Gasteiger partial charge on any atom is -0.496 e. The van der Waals surface area contributed by atoms with Crippen LogP contribution in [0.5, 0.6) is 11.5 Å². The SMILES string of the molecule is COc1c(C)c2c(c(OCC[Si](C)(C)C)c1CC=C(C)CP(=O)(O)O)C(=O)OC2. The summed E-state index contributed by atoms with van der Waals surface area (Å²) in [4.78, 5) is 30.8. The Balaban J connectivity index is 2.50. The Morgan fingerprint density at radius 1 is 1.28 bits per heavy atom. The topological polar surface area (TPSA) is 102 Å². The van der Waals surface area contributed by atoms with Crippen LogP contribution in [0.2, 0.25) is 25.7 Å². The number of hydrogen-bond acceptors (Lipinski definition) is 5. The normalized spacial score (nSPS) is 14.6. The lowest BCUT2D eigenvalue weighted by atomic mass is 9.95. The Morgan fingerprint density at radius 2 is 1.93 bits per heavy atom. The first-order valence-corrected chi connectivity index (χ1v) is 15.1. The molecule has 0 saturated heterocycles. The van der Waals surface area contributed by atoms with Crippen molar-refractivity contribution in [2.75, 3.05) is 19.9 Å². The zero-order chi connectivity index (χ0) is 22.0. The number of benzene rings is 1. The third-order valence-corrected chi connectivity index (χ3v) is 7.45. The summed E-state index contributed by atoms with van der Waals surface area (Å²) in [6.45, 7) is 11.0. The molecule has 1 heterocycles. The summed E-state index contributed by atoms with van der Waals surface area (Å²) in [5.74, 6) is 0.666. The molecular formula is C20H31O7PSi. The van der Waals surface area contributed by atoms with E-state index in [1.807, 2.05) is 6.92 Å². The molecule has 7 nitrogen and oxygen atoms in total. The molecule has 2 N–H and O–H groups in total. The molecule has 1 aromatic carbocycles. The quantitative estimate of drug-likeness (QED) is 0.257. The van der Waals surface area contributed by atoms with Crippen LogP contribution < -0.4 is 9.47 Å². The van der Waals surface area contributed by atoms with Crippen LogP contribution in [-0.4, -0.2) is 43.7 Å². The molecule has 0 fully saturated rings. The van der Waals surface area contributed by atoms with Gasteiger partial charge in [-0.05, 0) is 31.9 Å². The van der Waals surface area contributed by atoms with Crippen LogP contribution >= 0.6 is 7.60 Å². The summed E-state index contributed by atoms with van der Waals surface area (Å²) in [7, 11) is -3.92. The van der Waals surface area contributed by atoms with Crippen molar-refractivity contribution in [3.05, 3.63) is 33.9 Å². The van der Waals surface area contributed by atoms with Crippen molar-refractivity contribution in [3.8, 4) is 11.5 Å². The van der Waals surface area contributed by atoms with Crippen molar-refractivity contribution in [2.45, 2.75) is 52.6 Å². The minimum atomic E-state index is -4.14. The van der Waals surface area contributed by atoms with Gasteiger partial charge in [0.25, 0.3) is 0 Å². The summed E-state index contributed by atoms with van der Waals surface area (Å²) in [5.41, 5.74) is 3.30. The number of ether oxygens (including phenoxy) is 3. The smallest absolute Gasteiger partial charge is 0.342 e. The maximum Gasteiger partial charge on any atom is 0.342 e. The number of carbonyl (C=O) groups excluding carboxylic acids is 1. The molecule has 1 aliphatic heterocycles. The number of methoxy groups -OCH3 is 1. The van der Waals surface area contributed by atoms with Crippen molar-refractivity contribution in [1.82, 2.24) is 0 Å². The van der Waals surface area contributed by atoms with Gasteiger partial charge >= 0.3 is 13.6 Å². The van der Waals surface area contributed by atoms with Crippen molar-refractivity contribution >= 4 is 21.6 Å². The van der Waals surface area contributed by atoms with Gasteiger partial charge in [-0.25, -0.2) is 4.79 Å². The lowest BCUT2D eigenvalue weighted by Gasteiger charge is -2.21. The van der Waals surface area contributed by atoms with Gasteiger partial charge in [0, 0.05) is 19.2 Å². The monoisotopic (exact) mass is 442 g/mol. The number of carbonyl (C=O) groups is 1. The van der Waals surface area contributed by atoms with Gasteiger partial charge in [-0.3, -0.25) is 4.57 Å². The third-order valence-electron chi connectivity index (χ3n) is 4.83. The van der Waals surface area contributed by atoms with E-state index in [-0.39, 0.29) is 12.8 Å². The van der Waals surface area contributed by atoms with Crippen LogP contribution in [0.25, 0.3) is 0 Å². The number of allylic oxidation sites excluding steroid dienone is 2.